The molecule has 0 fully saturated rings. The topological polar surface area (TPSA) is 81.9 Å². The maximum absolute atomic E-state index is 11.8. The van der Waals surface area contributed by atoms with Crippen LogP contribution in [0.5, 0.6) is 0 Å². The van der Waals surface area contributed by atoms with Gasteiger partial charge < -0.3 is 10.2 Å². The van der Waals surface area contributed by atoms with Crippen molar-refractivity contribution in [3.05, 3.63) is 17.5 Å². The lowest BCUT2D eigenvalue weighted by molar-refractivity contribution is -0.130. The molecule has 0 saturated heterocycles. The molecule has 0 aromatic carbocycles. The molecule has 1 heterocycles. The second-order valence-electron chi connectivity index (χ2n) is 4.07. The molecule has 1 N–H and O–H groups in total. The van der Waals surface area contributed by atoms with Crippen LogP contribution in [-0.4, -0.2) is 40.4 Å². The monoisotopic (exact) mass is 261 g/mol. The van der Waals surface area contributed by atoms with Crippen molar-refractivity contribution in [1.82, 2.24) is 14.9 Å². The Kier molecular flexibility index (Phi) is 5.73. The third-order valence-electron chi connectivity index (χ3n) is 2.71. The molecule has 1 rings (SSSR count). The first-order chi connectivity index (χ1) is 9.10. The van der Waals surface area contributed by atoms with Crippen LogP contribution in [0.1, 0.15) is 31.7 Å². The first-order valence-electron chi connectivity index (χ1n) is 6.38. The Morgan fingerprint density at radius 1 is 1.42 bits per heavy atom. The van der Waals surface area contributed by atoms with E-state index in [1.807, 2.05) is 19.9 Å². The average Bonchev–Trinajstić information content (AvgIpc) is 2.39. The third-order valence-corrected chi connectivity index (χ3v) is 2.71. The molecule has 0 aliphatic carbocycles. The lowest BCUT2D eigenvalue weighted by Gasteiger charge is -2.18. The number of nitrogens with one attached hydrogen (secondary N) is 1. The van der Waals surface area contributed by atoms with Gasteiger partial charge in [-0.25, -0.2) is 9.97 Å². The maximum Gasteiger partial charge on any atom is 0.224 e. The maximum atomic E-state index is 11.8. The van der Waals surface area contributed by atoms with Crippen LogP contribution in [-0.2, 0) is 4.79 Å². The zero-order valence-electron chi connectivity index (χ0n) is 11.6. The van der Waals surface area contributed by atoms with Crippen LogP contribution in [0.15, 0.2) is 6.07 Å². The highest BCUT2D eigenvalue weighted by Gasteiger charge is 2.09. The van der Waals surface area contributed by atoms with E-state index in [0.717, 1.165) is 18.8 Å². The van der Waals surface area contributed by atoms with Crippen LogP contribution in [0.25, 0.3) is 0 Å². The van der Waals surface area contributed by atoms with Crippen LogP contribution in [0.3, 0.4) is 0 Å². The molecule has 0 bridgehead atoms. The molecule has 0 spiro atoms. The van der Waals surface area contributed by atoms with E-state index in [1.165, 1.54) is 0 Å². The number of rotatable bonds is 6. The lowest BCUT2D eigenvalue weighted by atomic mass is 10.3. The zero-order chi connectivity index (χ0) is 14.3. The van der Waals surface area contributed by atoms with Crippen molar-refractivity contribution in [3.63, 3.8) is 0 Å². The molecule has 0 unspecified atom stereocenters. The van der Waals surface area contributed by atoms with Gasteiger partial charge >= 0.3 is 0 Å². The van der Waals surface area contributed by atoms with Gasteiger partial charge in [0.25, 0.3) is 0 Å². The summed E-state index contributed by atoms with van der Waals surface area (Å²) in [6.45, 7) is 7.61. The number of amides is 1. The van der Waals surface area contributed by atoms with E-state index < -0.39 is 0 Å². The van der Waals surface area contributed by atoms with E-state index in [0.29, 0.717) is 24.6 Å². The minimum atomic E-state index is 0.102. The minimum Gasteiger partial charge on any atom is -0.354 e. The van der Waals surface area contributed by atoms with Gasteiger partial charge in [-0.1, -0.05) is 0 Å². The molecule has 6 nitrogen and oxygen atoms in total. The Labute approximate surface area is 113 Å². The van der Waals surface area contributed by atoms with Crippen molar-refractivity contribution in [3.8, 4) is 6.07 Å². The Bertz CT molecular complexity index is 476. The predicted molar refractivity (Wildman–Crippen MR) is 72.5 cm³/mol. The van der Waals surface area contributed by atoms with Crippen molar-refractivity contribution >= 4 is 11.9 Å². The minimum absolute atomic E-state index is 0.102. The Balaban J connectivity index is 2.52. The smallest absolute Gasteiger partial charge is 0.224 e. The number of hydrogen-bond donors (Lipinski definition) is 1. The molecule has 0 aliphatic heterocycles. The van der Waals surface area contributed by atoms with E-state index in [2.05, 4.69) is 15.3 Å². The van der Waals surface area contributed by atoms with Crippen molar-refractivity contribution in [1.29, 1.82) is 5.26 Å². The van der Waals surface area contributed by atoms with Gasteiger partial charge in [0.05, 0.1) is 0 Å². The largest absolute Gasteiger partial charge is 0.354 e. The molecule has 0 saturated carbocycles. The standard InChI is InChI=1S/C13H19N5O/c1-4-18(5-2)12(19)6-7-15-13-16-10(3)8-11(9-14)17-13/h8H,4-7H2,1-3H3,(H,15,16,17). The van der Waals surface area contributed by atoms with E-state index >= 15 is 0 Å². The van der Waals surface area contributed by atoms with Crippen LogP contribution in [0, 0.1) is 18.3 Å². The van der Waals surface area contributed by atoms with E-state index in [1.54, 1.807) is 17.9 Å². The van der Waals surface area contributed by atoms with Crippen molar-refractivity contribution in [2.24, 2.45) is 0 Å². The Morgan fingerprint density at radius 2 is 2.11 bits per heavy atom. The normalized spacial score (nSPS) is 9.79. The Morgan fingerprint density at radius 3 is 2.68 bits per heavy atom. The molecule has 19 heavy (non-hydrogen) atoms. The fourth-order valence-electron chi connectivity index (χ4n) is 1.72. The van der Waals surface area contributed by atoms with Gasteiger partial charge in [0.1, 0.15) is 11.8 Å². The number of nitriles is 1. The average molecular weight is 261 g/mol. The quantitative estimate of drug-likeness (QED) is 0.835. The molecule has 1 amide bonds. The number of aromatic nitrogens is 2. The fourth-order valence-corrected chi connectivity index (χ4v) is 1.72. The number of carbonyl (C=O) groups is 1. The van der Waals surface area contributed by atoms with E-state index in [4.69, 9.17) is 5.26 Å². The summed E-state index contributed by atoms with van der Waals surface area (Å²) < 4.78 is 0. The second kappa shape index (κ2) is 7.31. The summed E-state index contributed by atoms with van der Waals surface area (Å²) in [7, 11) is 0. The second-order valence-corrected chi connectivity index (χ2v) is 4.07. The summed E-state index contributed by atoms with van der Waals surface area (Å²) >= 11 is 0. The van der Waals surface area contributed by atoms with Gasteiger partial charge in [-0.05, 0) is 26.8 Å². The SMILES string of the molecule is CCN(CC)C(=O)CCNc1nc(C)cc(C#N)n1. The van der Waals surface area contributed by atoms with Gasteiger partial charge in [-0.2, -0.15) is 5.26 Å². The highest BCUT2D eigenvalue weighted by Crippen LogP contribution is 2.04. The molecule has 1 aromatic heterocycles. The molecule has 6 heteroatoms. The van der Waals surface area contributed by atoms with Crippen LogP contribution in [0.2, 0.25) is 0 Å². The van der Waals surface area contributed by atoms with Crippen molar-refractivity contribution in [2.75, 3.05) is 25.0 Å². The molecule has 0 atom stereocenters. The van der Waals surface area contributed by atoms with Gasteiger partial charge in [0.2, 0.25) is 11.9 Å². The van der Waals surface area contributed by atoms with Crippen molar-refractivity contribution in [2.45, 2.75) is 27.2 Å². The number of carbonyl (C=O) groups excluding carboxylic acids is 1. The molecule has 0 aliphatic rings. The molecule has 1 aromatic rings. The summed E-state index contributed by atoms with van der Waals surface area (Å²) in [5, 5.41) is 11.8. The predicted octanol–water partition coefficient (Wildman–Crippen LogP) is 1.33. The number of aryl methyl sites for hydroxylation is 1. The van der Waals surface area contributed by atoms with Gasteiger partial charge in [0, 0.05) is 31.7 Å². The Hall–Kier alpha value is -2.16. The summed E-state index contributed by atoms with van der Waals surface area (Å²) in [5.41, 5.74) is 1.05. The molecule has 102 valence electrons. The lowest BCUT2D eigenvalue weighted by Crippen LogP contribution is -2.31. The number of hydrogen-bond acceptors (Lipinski definition) is 5. The van der Waals surface area contributed by atoms with Gasteiger partial charge in [-0.15, -0.1) is 0 Å². The first-order valence-corrected chi connectivity index (χ1v) is 6.38. The first kappa shape index (κ1) is 14.9. The molecule has 0 radical (unpaired) electrons. The summed E-state index contributed by atoms with van der Waals surface area (Å²) in [6, 6.07) is 3.59. The van der Waals surface area contributed by atoms with Gasteiger partial charge in [-0.3, -0.25) is 4.79 Å². The fraction of sp³-hybridized carbons (Fsp3) is 0.538. The molecular formula is C13H19N5O. The van der Waals surface area contributed by atoms with Crippen LogP contribution < -0.4 is 5.32 Å². The highest BCUT2D eigenvalue weighted by molar-refractivity contribution is 5.76. The van der Waals surface area contributed by atoms with Crippen molar-refractivity contribution < 1.29 is 4.79 Å². The summed E-state index contributed by atoms with van der Waals surface area (Å²) in [5.74, 6) is 0.495. The van der Waals surface area contributed by atoms with Gasteiger partial charge in [0.15, 0.2) is 0 Å². The number of anilines is 1. The summed E-state index contributed by atoms with van der Waals surface area (Å²) in [4.78, 5) is 21.7. The highest BCUT2D eigenvalue weighted by atomic mass is 16.2. The van der Waals surface area contributed by atoms with E-state index in [9.17, 15) is 4.79 Å². The molecular weight excluding hydrogens is 242 g/mol. The zero-order valence-corrected chi connectivity index (χ0v) is 11.6. The number of nitrogens with zero attached hydrogens (tertiary/aromatic N) is 4. The van der Waals surface area contributed by atoms with Crippen LogP contribution >= 0.6 is 0 Å². The summed E-state index contributed by atoms with van der Waals surface area (Å²) in [6.07, 6.45) is 0.390. The third kappa shape index (κ3) is 4.54. The van der Waals surface area contributed by atoms with Crippen LogP contribution in [0.4, 0.5) is 5.95 Å². The van der Waals surface area contributed by atoms with E-state index in [-0.39, 0.29) is 5.91 Å².